The highest BCUT2D eigenvalue weighted by atomic mass is 16.6. The molecule has 1 aromatic carbocycles. The largest absolute Gasteiger partial charge is 0.350 e. The van der Waals surface area contributed by atoms with Gasteiger partial charge in [-0.05, 0) is 44.3 Å². The van der Waals surface area contributed by atoms with Crippen LogP contribution in [0.2, 0.25) is 0 Å². The standard InChI is InChI=1S/C20H33N3O3/c1-8-22(9-2)17(15-10-12-16(13-11-15)23(25)26)18(24)21-20(6,7)14-19(3,4)5/h10-13,17H,8-9,14H2,1-7H3,(H,21,24). The molecule has 6 heteroatoms. The van der Waals surface area contributed by atoms with Gasteiger partial charge in [-0.25, -0.2) is 0 Å². The second-order valence-corrected chi connectivity index (χ2v) is 8.58. The van der Waals surface area contributed by atoms with Crippen LogP contribution in [0.15, 0.2) is 24.3 Å². The summed E-state index contributed by atoms with van der Waals surface area (Å²) in [5.41, 5.74) is 0.542. The van der Waals surface area contributed by atoms with Crippen molar-refractivity contribution in [1.29, 1.82) is 0 Å². The number of carbonyl (C=O) groups is 1. The molecule has 1 amide bonds. The van der Waals surface area contributed by atoms with Crippen LogP contribution in [0.3, 0.4) is 0 Å². The normalized spacial score (nSPS) is 13.5. The van der Waals surface area contributed by atoms with E-state index in [1.807, 2.05) is 27.7 Å². The van der Waals surface area contributed by atoms with E-state index in [9.17, 15) is 14.9 Å². The lowest BCUT2D eigenvalue weighted by molar-refractivity contribution is -0.384. The Kier molecular flexibility index (Phi) is 7.33. The van der Waals surface area contributed by atoms with Gasteiger partial charge in [0.2, 0.25) is 5.91 Å². The summed E-state index contributed by atoms with van der Waals surface area (Å²) in [6.07, 6.45) is 0.844. The lowest BCUT2D eigenvalue weighted by Gasteiger charge is -2.36. The fourth-order valence-corrected chi connectivity index (χ4v) is 3.67. The van der Waals surface area contributed by atoms with Gasteiger partial charge in [-0.3, -0.25) is 19.8 Å². The lowest BCUT2D eigenvalue weighted by atomic mass is 9.81. The number of amides is 1. The summed E-state index contributed by atoms with van der Waals surface area (Å²) < 4.78 is 0. The molecule has 0 aliphatic carbocycles. The third kappa shape index (κ3) is 6.41. The molecule has 6 nitrogen and oxygen atoms in total. The average Bonchev–Trinajstić information content (AvgIpc) is 2.49. The first-order chi connectivity index (χ1) is 11.9. The van der Waals surface area contributed by atoms with Crippen LogP contribution in [0.1, 0.15) is 66.5 Å². The van der Waals surface area contributed by atoms with E-state index in [2.05, 4.69) is 31.0 Å². The van der Waals surface area contributed by atoms with Crippen LogP contribution in [0, 0.1) is 15.5 Å². The number of benzene rings is 1. The number of rotatable bonds is 8. The van der Waals surface area contributed by atoms with E-state index in [-0.39, 0.29) is 22.5 Å². The minimum Gasteiger partial charge on any atom is -0.350 e. The van der Waals surface area contributed by atoms with Crippen LogP contribution >= 0.6 is 0 Å². The molecular weight excluding hydrogens is 330 g/mol. The van der Waals surface area contributed by atoms with Crippen molar-refractivity contribution in [2.75, 3.05) is 13.1 Å². The molecule has 26 heavy (non-hydrogen) atoms. The summed E-state index contributed by atoms with van der Waals surface area (Å²) in [4.78, 5) is 25.7. The first-order valence-electron chi connectivity index (χ1n) is 9.20. The molecule has 0 saturated carbocycles. The lowest BCUT2D eigenvalue weighted by Crippen LogP contribution is -2.50. The first-order valence-corrected chi connectivity index (χ1v) is 9.20. The molecule has 1 atom stereocenters. The van der Waals surface area contributed by atoms with Gasteiger partial charge in [0, 0.05) is 17.7 Å². The number of carbonyl (C=O) groups excluding carboxylic acids is 1. The Balaban J connectivity index is 3.13. The second kappa shape index (κ2) is 8.62. The Morgan fingerprint density at radius 2 is 1.62 bits per heavy atom. The topological polar surface area (TPSA) is 75.5 Å². The first kappa shape index (κ1) is 22.1. The van der Waals surface area contributed by atoms with Gasteiger partial charge in [0.15, 0.2) is 0 Å². The summed E-state index contributed by atoms with van der Waals surface area (Å²) >= 11 is 0. The molecule has 0 spiro atoms. The number of nitro benzene ring substituents is 1. The number of hydrogen-bond donors (Lipinski definition) is 1. The summed E-state index contributed by atoms with van der Waals surface area (Å²) in [6, 6.07) is 5.80. The molecule has 1 N–H and O–H groups in total. The Morgan fingerprint density at radius 3 is 2.00 bits per heavy atom. The van der Waals surface area contributed by atoms with E-state index in [1.54, 1.807) is 12.1 Å². The van der Waals surface area contributed by atoms with Crippen LogP contribution in [0.4, 0.5) is 5.69 Å². The molecule has 0 aliphatic heterocycles. The maximum atomic E-state index is 13.1. The molecule has 0 aromatic heterocycles. The fraction of sp³-hybridized carbons (Fsp3) is 0.650. The predicted octanol–water partition coefficient (Wildman–Crippen LogP) is 4.31. The van der Waals surface area contributed by atoms with E-state index < -0.39 is 11.0 Å². The maximum Gasteiger partial charge on any atom is 0.269 e. The van der Waals surface area contributed by atoms with Crippen molar-refractivity contribution in [3.05, 3.63) is 39.9 Å². The van der Waals surface area contributed by atoms with Gasteiger partial charge in [0.25, 0.3) is 5.69 Å². The van der Waals surface area contributed by atoms with Crippen LogP contribution in [-0.4, -0.2) is 34.4 Å². The molecule has 0 aliphatic rings. The highest BCUT2D eigenvalue weighted by Crippen LogP contribution is 2.29. The Morgan fingerprint density at radius 1 is 1.12 bits per heavy atom. The number of nitrogens with one attached hydrogen (secondary N) is 1. The maximum absolute atomic E-state index is 13.1. The molecule has 146 valence electrons. The summed E-state index contributed by atoms with van der Waals surface area (Å²) in [7, 11) is 0. The monoisotopic (exact) mass is 363 g/mol. The van der Waals surface area contributed by atoms with Crippen molar-refractivity contribution in [2.24, 2.45) is 5.41 Å². The van der Waals surface area contributed by atoms with Gasteiger partial charge in [0.05, 0.1) is 4.92 Å². The summed E-state index contributed by atoms with van der Waals surface area (Å²) in [6.45, 7) is 16.0. The quantitative estimate of drug-likeness (QED) is 0.551. The SMILES string of the molecule is CCN(CC)C(C(=O)NC(C)(C)CC(C)(C)C)c1ccc([N+](=O)[O-])cc1. The third-order valence-corrected chi connectivity index (χ3v) is 4.28. The molecular formula is C20H33N3O3. The molecule has 0 saturated heterocycles. The van der Waals surface area contributed by atoms with Crippen LogP contribution in [0.25, 0.3) is 0 Å². The van der Waals surface area contributed by atoms with E-state index in [4.69, 9.17) is 0 Å². The zero-order valence-corrected chi connectivity index (χ0v) is 17.1. The van der Waals surface area contributed by atoms with Gasteiger partial charge >= 0.3 is 0 Å². The molecule has 1 aromatic rings. The van der Waals surface area contributed by atoms with E-state index >= 15 is 0 Å². The van der Waals surface area contributed by atoms with Crippen molar-refractivity contribution < 1.29 is 9.72 Å². The van der Waals surface area contributed by atoms with Gasteiger partial charge in [-0.2, -0.15) is 0 Å². The smallest absolute Gasteiger partial charge is 0.269 e. The highest BCUT2D eigenvalue weighted by molar-refractivity contribution is 5.84. The van der Waals surface area contributed by atoms with Gasteiger partial charge < -0.3 is 5.32 Å². The minimum absolute atomic E-state index is 0.0283. The van der Waals surface area contributed by atoms with Crippen molar-refractivity contribution in [2.45, 2.75) is 66.5 Å². The second-order valence-electron chi connectivity index (χ2n) is 8.58. The van der Waals surface area contributed by atoms with Crippen LogP contribution < -0.4 is 5.32 Å². The fourth-order valence-electron chi connectivity index (χ4n) is 3.67. The molecule has 0 heterocycles. The Hall–Kier alpha value is -1.95. The van der Waals surface area contributed by atoms with E-state index in [0.29, 0.717) is 13.1 Å². The third-order valence-electron chi connectivity index (χ3n) is 4.28. The van der Waals surface area contributed by atoms with Crippen LogP contribution in [-0.2, 0) is 4.79 Å². The number of nitrogens with zero attached hydrogens (tertiary/aromatic N) is 2. The molecule has 0 fully saturated rings. The van der Waals surface area contributed by atoms with Gasteiger partial charge in [0.1, 0.15) is 6.04 Å². The highest BCUT2D eigenvalue weighted by Gasteiger charge is 2.32. The Bertz CT molecular complexity index is 614. The van der Waals surface area contributed by atoms with Gasteiger partial charge in [-0.1, -0.05) is 46.8 Å². The average molecular weight is 364 g/mol. The van der Waals surface area contributed by atoms with E-state index in [0.717, 1.165) is 12.0 Å². The minimum atomic E-state index is -0.468. The predicted molar refractivity (Wildman–Crippen MR) is 105 cm³/mol. The molecule has 0 radical (unpaired) electrons. The number of likely N-dealkylation sites (N-methyl/N-ethyl adjacent to an activating group) is 1. The number of hydrogen-bond acceptors (Lipinski definition) is 4. The summed E-state index contributed by atoms with van der Waals surface area (Å²) in [5, 5.41) is 14.1. The van der Waals surface area contributed by atoms with Crippen molar-refractivity contribution in [3.8, 4) is 0 Å². The summed E-state index contributed by atoms with van der Waals surface area (Å²) in [5.74, 6) is -0.0724. The van der Waals surface area contributed by atoms with E-state index in [1.165, 1.54) is 12.1 Å². The molecule has 1 rings (SSSR count). The molecule has 1 unspecified atom stereocenters. The van der Waals surface area contributed by atoms with Crippen molar-refractivity contribution in [1.82, 2.24) is 10.2 Å². The van der Waals surface area contributed by atoms with Crippen molar-refractivity contribution >= 4 is 11.6 Å². The zero-order valence-electron chi connectivity index (χ0n) is 17.1. The molecule has 0 bridgehead atoms. The van der Waals surface area contributed by atoms with Crippen molar-refractivity contribution in [3.63, 3.8) is 0 Å². The number of nitro groups is 1. The van der Waals surface area contributed by atoms with Gasteiger partial charge in [-0.15, -0.1) is 0 Å². The zero-order chi connectivity index (χ0) is 20.1. The number of non-ortho nitro benzene ring substituents is 1. The Labute approximate surface area is 157 Å². The van der Waals surface area contributed by atoms with Crippen LogP contribution in [0.5, 0.6) is 0 Å².